The second-order valence-electron chi connectivity index (χ2n) is 10.7. The highest BCUT2D eigenvalue weighted by Crippen LogP contribution is 2.31. The molecule has 4 aromatic carbocycles. The van der Waals surface area contributed by atoms with E-state index in [9.17, 15) is 0 Å². The summed E-state index contributed by atoms with van der Waals surface area (Å²) in [6.45, 7) is 21.1. The van der Waals surface area contributed by atoms with E-state index in [0.29, 0.717) is 0 Å². The van der Waals surface area contributed by atoms with Gasteiger partial charge in [-0.1, -0.05) is 102 Å². The van der Waals surface area contributed by atoms with Crippen LogP contribution < -0.4 is 9.47 Å². The lowest BCUT2D eigenvalue weighted by Crippen LogP contribution is -2.26. The monoisotopic (exact) mass is 554 g/mol. The average Bonchev–Trinajstić information content (AvgIpc) is 3.01. The molecule has 218 valence electrons. The van der Waals surface area contributed by atoms with Gasteiger partial charge in [-0.2, -0.15) is 0 Å². The van der Waals surface area contributed by atoms with Gasteiger partial charge in [0, 0.05) is 0 Å². The second-order valence-corrected chi connectivity index (χ2v) is 10.7. The minimum Gasteiger partial charge on any atom is -0.488 e. The first kappa shape index (κ1) is 34.8. The SMILES string of the molecule is C=O.C=O.CC.CCC(C)(C)Oc1ccc(-c2ccc(Oc3ccc(-c4ccc(C(C)(C)C)cc4)cc3)cc2)cc1. The smallest absolute Gasteiger partial charge is 0.127 e. The Morgan fingerprint density at radius 1 is 0.512 bits per heavy atom. The number of rotatable bonds is 7. The van der Waals surface area contributed by atoms with Crippen LogP contribution in [0.5, 0.6) is 17.2 Å². The molecule has 4 rings (SSSR count). The molecular weight excluding hydrogens is 508 g/mol. The predicted octanol–water partition coefficient (Wildman–Crippen LogP) is 10.3. The summed E-state index contributed by atoms with van der Waals surface area (Å²) >= 11 is 0. The molecule has 0 amide bonds. The lowest BCUT2D eigenvalue weighted by Gasteiger charge is -2.24. The van der Waals surface area contributed by atoms with Crippen molar-refractivity contribution in [2.24, 2.45) is 0 Å². The van der Waals surface area contributed by atoms with Crippen molar-refractivity contribution in [1.29, 1.82) is 0 Å². The van der Waals surface area contributed by atoms with Crippen LogP contribution in [0.1, 0.15) is 67.4 Å². The number of benzene rings is 4. The van der Waals surface area contributed by atoms with E-state index >= 15 is 0 Å². The fourth-order valence-corrected chi connectivity index (χ4v) is 3.84. The predicted molar refractivity (Wildman–Crippen MR) is 173 cm³/mol. The molecule has 0 aromatic heterocycles. The molecule has 0 bridgehead atoms. The normalized spacial score (nSPS) is 10.4. The summed E-state index contributed by atoms with van der Waals surface area (Å²) < 4.78 is 12.2. The number of carbonyl (C=O) groups is 2. The summed E-state index contributed by atoms with van der Waals surface area (Å²) in [5.74, 6) is 2.54. The molecule has 0 radical (unpaired) electrons. The molecule has 4 heteroatoms. The summed E-state index contributed by atoms with van der Waals surface area (Å²) in [7, 11) is 0. The fourth-order valence-electron chi connectivity index (χ4n) is 3.84. The number of carbonyl (C=O) groups excluding carboxylic acids is 2. The van der Waals surface area contributed by atoms with Crippen LogP contribution in [0.3, 0.4) is 0 Å². The van der Waals surface area contributed by atoms with Gasteiger partial charge in [0.15, 0.2) is 0 Å². The van der Waals surface area contributed by atoms with E-state index in [2.05, 4.69) is 102 Å². The standard InChI is InChI=1S/C33H36O2.C2H6.2CH2O/c1-7-33(5,6)35-31-22-14-27(15-23-31)26-12-20-30(21-13-26)34-29-18-10-25(11-19-29)24-8-16-28(17-9-24)32(2,3)4;3*1-2/h8-23H,7H2,1-6H3;1-2H3;2*1H2. The van der Waals surface area contributed by atoms with Crippen molar-refractivity contribution >= 4 is 13.6 Å². The van der Waals surface area contributed by atoms with Crippen molar-refractivity contribution in [1.82, 2.24) is 0 Å². The summed E-state index contributed by atoms with van der Waals surface area (Å²) in [6.07, 6.45) is 0.962. The van der Waals surface area contributed by atoms with Crippen molar-refractivity contribution in [2.45, 2.75) is 72.8 Å². The quantitative estimate of drug-likeness (QED) is 0.228. The lowest BCUT2D eigenvalue weighted by atomic mass is 9.86. The summed E-state index contributed by atoms with van der Waals surface area (Å²) in [4.78, 5) is 16.0. The molecule has 0 heterocycles. The average molecular weight is 555 g/mol. The second kappa shape index (κ2) is 16.8. The Balaban J connectivity index is 0.00000131. The van der Waals surface area contributed by atoms with Gasteiger partial charge in [-0.05, 0) is 89.9 Å². The molecule has 0 aliphatic rings. The van der Waals surface area contributed by atoms with E-state index in [1.54, 1.807) is 0 Å². The Labute approximate surface area is 247 Å². The van der Waals surface area contributed by atoms with E-state index in [-0.39, 0.29) is 11.0 Å². The van der Waals surface area contributed by atoms with Crippen LogP contribution in [0.15, 0.2) is 97.1 Å². The molecule has 4 aromatic rings. The number of hydrogen-bond donors (Lipinski definition) is 0. The topological polar surface area (TPSA) is 52.6 Å². The molecule has 0 saturated carbocycles. The van der Waals surface area contributed by atoms with E-state index in [1.165, 1.54) is 16.7 Å². The van der Waals surface area contributed by atoms with Crippen LogP contribution in [-0.2, 0) is 15.0 Å². The fraction of sp³-hybridized carbons (Fsp3) is 0.297. The zero-order valence-electron chi connectivity index (χ0n) is 26.0. The van der Waals surface area contributed by atoms with Gasteiger partial charge in [-0.25, -0.2) is 0 Å². The molecule has 0 spiro atoms. The zero-order valence-corrected chi connectivity index (χ0v) is 26.0. The molecule has 0 N–H and O–H groups in total. The van der Waals surface area contributed by atoms with E-state index in [1.807, 2.05) is 63.8 Å². The first-order chi connectivity index (χ1) is 19.6. The molecule has 4 nitrogen and oxygen atoms in total. The molecule has 0 aliphatic heterocycles. The first-order valence-electron chi connectivity index (χ1n) is 14.0. The Kier molecular flexibility index (Phi) is 14.3. The highest BCUT2D eigenvalue weighted by Gasteiger charge is 2.16. The van der Waals surface area contributed by atoms with Crippen LogP contribution in [0.4, 0.5) is 0 Å². The highest BCUT2D eigenvalue weighted by molar-refractivity contribution is 5.66. The maximum atomic E-state index is 8.00. The van der Waals surface area contributed by atoms with Crippen molar-refractivity contribution in [3.63, 3.8) is 0 Å². The summed E-state index contributed by atoms with van der Waals surface area (Å²) in [5, 5.41) is 0. The maximum Gasteiger partial charge on any atom is 0.127 e. The largest absolute Gasteiger partial charge is 0.488 e. The molecule has 41 heavy (non-hydrogen) atoms. The van der Waals surface area contributed by atoms with Gasteiger partial charge in [0.2, 0.25) is 0 Å². The van der Waals surface area contributed by atoms with Gasteiger partial charge in [-0.3, -0.25) is 0 Å². The third-order valence-electron chi connectivity index (χ3n) is 6.46. The molecule has 0 fully saturated rings. The Bertz CT molecular complexity index is 1260. The van der Waals surface area contributed by atoms with Gasteiger partial charge in [-0.15, -0.1) is 0 Å². The van der Waals surface area contributed by atoms with Gasteiger partial charge in [0.25, 0.3) is 0 Å². The molecule has 0 atom stereocenters. The van der Waals surface area contributed by atoms with E-state index in [0.717, 1.165) is 34.8 Å². The van der Waals surface area contributed by atoms with Crippen LogP contribution in [0, 0.1) is 0 Å². The lowest BCUT2D eigenvalue weighted by molar-refractivity contribution is -0.0987. The van der Waals surface area contributed by atoms with Crippen molar-refractivity contribution in [2.75, 3.05) is 0 Å². The third-order valence-corrected chi connectivity index (χ3v) is 6.46. The third kappa shape index (κ3) is 10.7. The van der Waals surface area contributed by atoms with E-state index in [4.69, 9.17) is 19.1 Å². The number of ether oxygens (including phenoxy) is 2. The Morgan fingerprint density at radius 2 is 0.805 bits per heavy atom. The van der Waals surface area contributed by atoms with Gasteiger partial charge >= 0.3 is 0 Å². The molecule has 0 aliphatic carbocycles. The van der Waals surface area contributed by atoms with Crippen LogP contribution >= 0.6 is 0 Å². The minimum absolute atomic E-state index is 0.157. The summed E-state index contributed by atoms with van der Waals surface area (Å²) in [6, 6.07) is 33.6. The van der Waals surface area contributed by atoms with Crippen molar-refractivity contribution in [3.8, 4) is 39.5 Å². The van der Waals surface area contributed by atoms with E-state index < -0.39 is 0 Å². The molecule has 0 unspecified atom stereocenters. The Morgan fingerprint density at radius 3 is 1.10 bits per heavy atom. The van der Waals surface area contributed by atoms with Gasteiger partial charge in [0.1, 0.15) is 36.4 Å². The van der Waals surface area contributed by atoms with Crippen LogP contribution in [0.25, 0.3) is 22.3 Å². The van der Waals surface area contributed by atoms with Crippen LogP contribution in [-0.4, -0.2) is 19.2 Å². The van der Waals surface area contributed by atoms with Gasteiger partial charge < -0.3 is 19.1 Å². The van der Waals surface area contributed by atoms with Crippen molar-refractivity contribution < 1.29 is 19.1 Å². The van der Waals surface area contributed by atoms with Crippen molar-refractivity contribution in [3.05, 3.63) is 103 Å². The molecule has 0 saturated heterocycles. The maximum absolute atomic E-state index is 8.00. The summed E-state index contributed by atoms with van der Waals surface area (Å²) in [5.41, 5.74) is 6.04. The number of hydrogen-bond acceptors (Lipinski definition) is 4. The molecular formula is C37H46O4. The minimum atomic E-state index is -0.157. The Hall–Kier alpha value is -4.18. The van der Waals surface area contributed by atoms with Gasteiger partial charge in [0.05, 0.1) is 0 Å². The first-order valence-corrected chi connectivity index (χ1v) is 14.0. The highest BCUT2D eigenvalue weighted by atomic mass is 16.5. The van der Waals surface area contributed by atoms with Crippen LogP contribution in [0.2, 0.25) is 0 Å². The zero-order chi connectivity index (χ0) is 31.1.